The molecule has 0 aliphatic rings. The van der Waals surface area contributed by atoms with Crippen molar-refractivity contribution in [3.8, 4) is 0 Å². The van der Waals surface area contributed by atoms with Gasteiger partial charge in [-0.15, -0.1) is 0 Å². The van der Waals surface area contributed by atoms with Crippen molar-refractivity contribution in [2.75, 3.05) is 5.33 Å². The largest absolute Gasteiger partial charge is 0.414 e. The summed E-state index contributed by atoms with van der Waals surface area (Å²) in [5.41, 5.74) is -1.28. The maximum absolute atomic E-state index is 13.6. The van der Waals surface area contributed by atoms with Crippen molar-refractivity contribution >= 4 is 15.9 Å². The lowest BCUT2D eigenvalue weighted by Crippen LogP contribution is -2.39. The van der Waals surface area contributed by atoms with Crippen LogP contribution in [0.2, 0.25) is 0 Å². The maximum Gasteiger partial charge on any atom is 0.414 e. The highest BCUT2D eigenvalue weighted by Crippen LogP contribution is 2.34. The minimum Gasteiger partial charge on any atom is -0.357 e. The number of hydrogen-bond acceptors (Lipinski definition) is 1. The van der Waals surface area contributed by atoms with Gasteiger partial charge in [-0.25, -0.2) is 4.39 Å². The van der Waals surface area contributed by atoms with E-state index in [1.807, 2.05) is 0 Å². The summed E-state index contributed by atoms with van der Waals surface area (Å²) >= 11 is 3.08. The van der Waals surface area contributed by atoms with E-state index in [1.165, 1.54) is 25.1 Å². The Balaban J connectivity index is 3.04. The van der Waals surface area contributed by atoms with Crippen LogP contribution in [-0.2, 0) is 10.3 Å². The maximum atomic E-state index is 13.6. The van der Waals surface area contributed by atoms with Crippen LogP contribution >= 0.6 is 15.9 Å². The van der Waals surface area contributed by atoms with E-state index in [2.05, 4.69) is 15.9 Å². The number of halogens is 5. The number of benzene rings is 1. The highest BCUT2D eigenvalue weighted by atomic mass is 79.9. The summed E-state index contributed by atoms with van der Waals surface area (Å²) in [4.78, 5) is 0. The van der Waals surface area contributed by atoms with E-state index in [-0.39, 0.29) is 10.9 Å². The highest BCUT2D eigenvalue weighted by molar-refractivity contribution is 9.09. The Morgan fingerprint density at radius 3 is 2.28 bits per heavy atom. The Bertz CT molecular complexity index is 407. The molecule has 6 heteroatoms. The van der Waals surface area contributed by atoms with Gasteiger partial charge < -0.3 is 4.74 Å². The molecular weight excluding hydrogens is 316 g/mol. The molecule has 2 atom stereocenters. The van der Waals surface area contributed by atoms with Gasteiger partial charge in [-0.1, -0.05) is 34.1 Å². The molecule has 18 heavy (non-hydrogen) atoms. The third-order valence-corrected chi connectivity index (χ3v) is 3.67. The van der Waals surface area contributed by atoms with E-state index >= 15 is 0 Å². The molecule has 0 spiro atoms. The average Bonchev–Trinajstić information content (AvgIpc) is 2.28. The van der Waals surface area contributed by atoms with Crippen LogP contribution in [-0.4, -0.2) is 17.6 Å². The van der Waals surface area contributed by atoms with Crippen molar-refractivity contribution in [2.45, 2.75) is 31.7 Å². The van der Waals surface area contributed by atoms with Gasteiger partial charge in [0.1, 0.15) is 11.4 Å². The summed E-state index contributed by atoms with van der Waals surface area (Å²) in [5, 5.41) is 0.0569. The lowest BCUT2D eigenvalue weighted by molar-refractivity contribution is -0.243. The summed E-state index contributed by atoms with van der Waals surface area (Å²) in [6, 6.07) is 5.64. The highest BCUT2D eigenvalue weighted by Gasteiger charge is 2.42. The molecule has 1 nitrogen and oxygen atoms in total. The summed E-state index contributed by atoms with van der Waals surface area (Å²) in [6.45, 7) is 2.32. The van der Waals surface area contributed by atoms with Crippen molar-refractivity contribution < 1.29 is 22.3 Å². The van der Waals surface area contributed by atoms with Crippen LogP contribution < -0.4 is 0 Å². The molecule has 0 radical (unpaired) electrons. The first kappa shape index (κ1) is 15.4. The molecular formula is C12H13BrF4O. The zero-order valence-corrected chi connectivity index (χ0v) is 11.5. The normalized spacial score (nSPS) is 17.3. The van der Waals surface area contributed by atoms with E-state index in [0.29, 0.717) is 0 Å². The molecule has 1 aromatic carbocycles. The Morgan fingerprint density at radius 2 is 1.83 bits per heavy atom. The fraction of sp³-hybridized carbons (Fsp3) is 0.500. The third kappa shape index (κ3) is 3.45. The molecule has 0 saturated heterocycles. The molecule has 0 heterocycles. The number of hydrogen-bond donors (Lipinski definition) is 0. The molecule has 0 saturated carbocycles. The van der Waals surface area contributed by atoms with Gasteiger partial charge in [0.25, 0.3) is 0 Å². The molecule has 0 aliphatic heterocycles. The van der Waals surface area contributed by atoms with E-state index < -0.39 is 23.7 Å². The summed E-state index contributed by atoms with van der Waals surface area (Å²) in [6.07, 6.45) is -6.45. The van der Waals surface area contributed by atoms with Gasteiger partial charge in [0, 0.05) is 10.9 Å². The topological polar surface area (TPSA) is 9.23 Å². The van der Waals surface area contributed by atoms with Crippen molar-refractivity contribution in [1.29, 1.82) is 0 Å². The standard InChI is InChI=1S/C12H13BrF4O/c1-8(12(15,16)17)18-11(2,7-13)9-5-3-4-6-10(9)14/h3-6,8H,7H2,1-2H3. The fourth-order valence-corrected chi connectivity index (χ4v) is 1.95. The van der Waals surface area contributed by atoms with Crippen LogP contribution in [0.5, 0.6) is 0 Å². The van der Waals surface area contributed by atoms with Gasteiger partial charge >= 0.3 is 6.18 Å². The van der Waals surface area contributed by atoms with Gasteiger partial charge in [-0.3, -0.25) is 0 Å². The lowest BCUT2D eigenvalue weighted by Gasteiger charge is -2.32. The lowest BCUT2D eigenvalue weighted by atomic mass is 9.97. The Kier molecular flexibility index (Phi) is 4.78. The first-order valence-electron chi connectivity index (χ1n) is 5.26. The molecule has 1 rings (SSSR count). The summed E-state index contributed by atoms with van der Waals surface area (Å²) in [7, 11) is 0. The molecule has 2 unspecified atom stereocenters. The molecule has 0 fully saturated rings. The summed E-state index contributed by atoms with van der Waals surface area (Å²) in [5.74, 6) is -0.589. The predicted octanol–water partition coefficient (Wildman–Crippen LogP) is 4.40. The van der Waals surface area contributed by atoms with E-state index in [1.54, 1.807) is 6.07 Å². The molecule has 0 aliphatic carbocycles. The minimum atomic E-state index is -4.48. The number of alkyl halides is 4. The SMILES string of the molecule is CC(OC(C)(CBr)c1ccccc1F)C(F)(F)F. The van der Waals surface area contributed by atoms with Crippen molar-refractivity contribution in [3.05, 3.63) is 35.6 Å². The van der Waals surface area contributed by atoms with Crippen LogP contribution in [0, 0.1) is 5.82 Å². The molecule has 1 aromatic rings. The zero-order chi connectivity index (χ0) is 14.0. The molecule has 102 valence electrons. The van der Waals surface area contributed by atoms with Crippen molar-refractivity contribution in [2.24, 2.45) is 0 Å². The Hall–Kier alpha value is -0.620. The van der Waals surface area contributed by atoms with Crippen molar-refractivity contribution in [3.63, 3.8) is 0 Å². The van der Waals surface area contributed by atoms with Crippen LogP contribution in [0.25, 0.3) is 0 Å². The van der Waals surface area contributed by atoms with Crippen LogP contribution in [0.1, 0.15) is 19.4 Å². The third-order valence-electron chi connectivity index (χ3n) is 2.60. The Morgan fingerprint density at radius 1 is 1.28 bits per heavy atom. The quantitative estimate of drug-likeness (QED) is 0.588. The van der Waals surface area contributed by atoms with Crippen molar-refractivity contribution in [1.82, 2.24) is 0 Å². The van der Waals surface area contributed by atoms with Gasteiger partial charge in [0.15, 0.2) is 6.10 Å². The predicted molar refractivity (Wildman–Crippen MR) is 64.1 cm³/mol. The molecule has 0 amide bonds. The first-order valence-corrected chi connectivity index (χ1v) is 6.38. The van der Waals surface area contributed by atoms with Gasteiger partial charge in [0.2, 0.25) is 0 Å². The smallest absolute Gasteiger partial charge is 0.357 e. The molecule has 0 N–H and O–H groups in total. The first-order chi connectivity index (χ1) is 8.20. The number of rotatable bonds is 4. The van der Waals surface area contributed by atoms with Gasteiger partial charge in [-0.2, -0.15) is 13.2 Å². The van der Waals surface area contributed by atoms with Crippen LogP contribution in [0.3, 0.4) is 0 Å². The van der Waals surface area contributed by atoms with E-state index in [0.717, 1.165) is 6.92 Å². The van der Waals surface area contributed by atoms with Gasteiger partial charge in [-0.05, 0) is 19.9 Å². The fourth-order valence-electron chi connectivity index (χ4n) is 1.51. The van der Waals surface area contributed by atoms with E-state index in [4.69, 9.17) is 4.74 Å². The van der Waals surface area contributed by atoms with Crippen LogP contribution in [0.15, 0.2) is 24.3 Å². The molecule has 0 bridgehead atoms. The second-order valence-corrected chi connectivity index (χ2v) is 4.71. The van der Waals surface area contributed by atoms with Gasteiger partial charge in [0.05, 0.1) is 0 Å². The minimum absolute atomic E-state index is 0.0569. The monoisotopic (exact) mass is 328 g/mol. The van der Waals surface area contributed by atoms with Crippen LogP contribution in [0.4, 0.5) is 17.6 Å². The second kappa shape index (κ2) is 5.57. The van der Waals surface area contributed by atoms with E-state index in [9.17, 15) is 17.6 Å². The Labute approximate surface area is 111 Å². The number of ether oxygens (including phenoxy) is 1. The molecule has 0 aromatic heterocycles. The average molecular weight is 329 g/mol. The second-order valence-electron chi connectivity index (χ2n) is 4.15. The zero-order valence-electron chi connectivity index (χ0n) is 9.89. The summed E-state index contributed by atoms with van der Waals surface area (Å²) < 4.78 is 56.1.